The van der Waals surface area contributed by atoms with Gasteiger partial charge in [-0.05, 0) is 30.7 Å². The van der Waals surface area contributed by atoms with E-state index in [2.05, 4.69) is 15.3 Å². The first kappa shape index (κ1) is 20.1. The number of nitrogens with zero attached hydrogens (tertiary/aromatic N) is 4. The fourth-order valence-corrected chi connectivity index (χ4v) is 4.18. The van der Waals surface area contributed by atoms with Gasteiger partial charge < -0.3 is 10.2 Å². The number of halogens is 3. The van der Waals surface area contributed by atoms with Gasteiger partial charge in [-0.1, -0.05) is 30.0 Å². The van der Waals surface area contributed by atoms with Gasteiger partial charge in [-0.3, -0.25) is 9.69 Å². The smallest absolute Gasteiger partial charge is 0.374 e. The van der Waals surface area contributed by atoms with Gasteiger partial charge >= 0.3 is 12.2 Å². The molecule has 0 bridgehead atoms. The Hall–Kier alpha value is -2.82. The molecule has 1 aromatic heterocycles. The lowest BCUT2D eigenvalue weighted by Crippen LogP contribution is -2.51. The predicted octanol–water partition coefficient (Wildman–Crippen LogP) is 3.94. The van der Waals surface area contributed by atoms with Gasteiger partial charge in [0, 0.05) is 24.5 Å². The number of nitrogens with one attached hydrogen (secondary N) is 1. The van der Waals surface area contributed by atoms with Crippen LogP contribution in [0.5, 0.6) is 0 Å². The molecule has 1 aromatic carbocycles. The van der Waals surface area contributed by atoms with Gasteiger partial charge in [-0.2, -0.15) is 13.2 Å². The number of ketones is 1. The van der Waals surface area contributed by atoms with Crippen molar-refractivity contribution in [3.63, 3.8) is 0 Å². The number of thioether (sulfide) groups is 1. The third kappa shape index (κ3) is 3.71. The summed E-state index contributed by atoms with van der Waals surface area (Å²) in [6.07, 6.45) is -2.29. The first-order valence-electron chi connectivity index (χ1n) is 9.90. The Balaban J connectivity index is 1.82. The molecule has 11 heteroatoms. The van der Waals surface area contributed by atoms with Crippen molar-refractivity contribution in [3.8, 4) is 0 Å². The van der Waals surface area contributed by atoms with Crippen LogP contribution in [0.1, 0.15) is 30.5 Å². The second kappa shape index (κ2) is 7.70. The fraction of sp³-hybridized carbons (Fsp3) is 0.400. The Bertz CT molecular complexity index is 1120. The number of para-hydroxylation sites is 1. The Morgan fingerprint density at radius 2 is 2.13 bits per heavy atom. The predicted molar refractivity (Wildman–Crippen MR) is 110 cm³/mol. The van der Waals surface area contributed by atoms with E-state index in [-0.39, 0.29) is 12.2 Å². The highest BCUT2D eigenvalue weighted by Crippen LogP contribution is 2.42. The van der Waals surface area contributed by atoms with E-state index in [0.29, 0.717) is 27.7 Å². The van der Waals surface area contributed by atoms with Crippen LogP contribution >= 0.6 is 11.8 Å². The van der Waals surface area contributed by atoms with E-state index < -0.39 is 36.5 Å². The number of anilines is 2. The van der Waals surface area contributed by atoms with E-state index in [1.807, 2.05) is 0 Å². The normalized spacial score (nSPS) is 23.6. The zero-order valence-corrected chi connectivity index (χ0v) is 17.8. The molecular weight excluding hydrogens is 431 g/mol. The van der Waals surface area contributed by atoms with Crippen molar-refractivity contribution in [2.75, 3.05) is 23.5 Å². The van der Waals surface area contributed by atoms with Crippen molar-refractivity contribution < 1.29 is 24.1 Å². The van der Waals surface area contributed by atoms with Gasteiger partial charge in [0.05, 0.1) is 20.0 Å². The number of rotatable bonds is 3. The molecule has 2 aliphatic heterocycles. The lowest BCUT2D eigenvalue weighted by molar-refractivity contribution is -0.172. The maximum absolute atomic E-state index is 13.3. The number of urea groups is 1. The van der Waals surface area contributed by atoms with Crippen molar-refractivity contribution in [3.05, 3.63) is 41.1 Å². The number of hydrogen-bond donors (Lipinski definition) is 1. The molecule has 31 heavy (non-hydrogen) atoms. The average molecular weight is 452 g/mol. The maximum atomic E-state index is 13.3. The minimum Gasteiger partial charge on any atom is -0.374 e. The average Bonchev–Trinajstić information content (AvgIpc) is 2.75. The topological polar surface area (TPSA) is 78.4 Å². The molecule has 2 amide bonds. The largest absolute Gasteiger partial charge is 0.452 e. The Labute approximate surface area is 182 Å². The van der Waals surface area contributed by atoms with Crippen LogP contribution < -0.4 is 10.2 Å². The van der Waals surface area contributed by atoms with Crippen molar-refractivity contribution >= 4 is 35.1 Å². The zero-order valence-electron chi connectivity index (χ0n) is 17.9. The van der Waals surface area contributed by atoms with Crippen LogP contribution in [0.4, 0.5) is 29.5 Å². The van der Waals surface area contributed by atoms with Crippen LogP contribution in [0.25, 0.3) is 0 Å². The Morgan fingerprint density at radius 1 is 1.39 bits per heavy atom. The number of aromatic nitrogens is 2. The van der Waals surface area contributed by atoms with Gasteiger partial charge in [0.15, 0.2) is 5.16 Å². The van der Waals surface area contributed by atoms with Crippen LogP contribution in [-0.2, 0) is 11.3 Å². The molecule has 7 nitrogen and oxygen atoms in total. The van der Waals surface area contributed by atoms with Crippen molar-refractivity contribution in [2.45, 2.75) is 43.3 Å². The molecular formula is C20H20F3N5O2S. The van der Waals surface area contributed by atoms with E-state index in [1.165, 1.54) is 28.6 Å². The highest BCUT2D eigenvalue weighted by molar-refractivity contribution is 7.98. The van der Waals surface area contributed by atoms with Gasteiger partial charge in [-0.15, -0.1) is 0 Å². The summed E-state index contributed by atoms with van der Waals surface area (Å²) in [6, 6.07) is 0.725. The first-order valence-corrected chi connectivity index (χ1v) is 10.6. The molecule has 0 spiro atoms. The fourth-order valence-electron chi connectivity index (χ4n) is 3.84. The van der Waals surface area contributed by atoms with Gasteiger partial charge in [0.1, 0.15) is 5.82 Å². The zero-order chi connectivity index (χ0) is 23.4. The summed E-state index contributed by atoms with van der Waals surface area (Å²) in [5.41, 5.74) is 1.72. The van der Waals surface area contributed by atoms with Crippen molar-refractivity contribution in [1.29, 1.82) is 0 Å². The molecule has 2 unspecified atom stereocenters. The molecule has 2 aromatic rings. The van der Waals surface area contributed by atoms with Crippen LogP contribution in [0.15, 0.2) is 29.6 Å². The minimum atomic E-state index is -5.07. The maximum Gasteiger partial charge on any atom is 0.452 e. The quantitative estimate of drug-likeness (QED) is 0.562. The second-order valence-electron chi connectivity index (χ2n) is 7.34. The molecule has 4 rings (SSSR count). The molecule has 164 valence electrons. The number of benzene rings is 1. The van der Waals surface area contributed by atoms with Crippen LogP contribution in [0.2, 0.25) is 0 Å². The highest BCUT2D eigenvalue weighted by Gasteiger charge is 2.48. The third-order valence-corrected chi connectivity index (χ3v) is 5.95. The molecule has 0 radical (unpaired) electrons. The van der Waals surface area contributed by atoms with E-state index in [0.717, 1.165) is 0 Å². The number of amides is 2. The van der Waals surface area contributed by atoms with Gasteiger partial charge in [-0.25, -0.2) is 14.8 Å². The van der Waals surface area contributed by atoms with Gasteiger partial charge in [0.2, 0.25) is 0 Å². The third-order valence-electron chi connectivity index (χ3n) is 5.39. The Morgan fingerprint density at radius 3 is 2.81 bits per heavy atom. The number of alkyl halides is 3. The Kier molecular flexibility index (Phi) is 4.99. The highest BCUT2D eigenvalue weighted by atomic mass is 32.2. The number of carbonyl (C=O) groups excluding carboxylic acids is 2. The van der Waals surface area contributed by atoms with Crippen molar-refractivity contribution in [1.82, 2.24) is 14.9 Å². The molecule has 0 saturated carbocycles. The number of carbonyl (C=O) groups is 2. The van der Waals surface area contributed by atoms with E-state index >= 15 is 0 Å². The second-order valence-corrected chi connectivity index (χ2v) is 8.11. The molecule has 3 heterocycles. The lowest BCUT2D eigenvalue weighted by atomic mass is 9.87. The summed E-state index contributed by atoms with van der Waals surface area (Å²) in [5, 5.41) is 3.13. The summed E-state index contributed by atoms with van der Waals surface area (Å²) in [5.74, 6) is -1.59. The van der Waals surface area contributed by atoms with E-state index in [9.17, 15) is 24.1 Å². The summed E-state index contributed by atoms with van der Waals surface area (Å²) in [4.78, 5) is 36.4. The summed E-state index contributed by atoms with van der Waals surface area (Å²) < 4.78 is 49.0. The SMILES string of the molecule is [2H]C1(N2Cc3cnc(SC)nc3N(C)C2=O)CC(C(=O)C(F)(F)F)Nc2c(C)cccc21. The van der Waals surface area contributed by atoms with Gasteiger partial charge in [0.25, 0.3) is 5.78 Å². The molecule has 2 aliphatic rings. The number of fused-ring (bicyclic) bond motifs is 2. The van der Waals surface area contributed by atoms with Crippen LogP contribution in [0.3, 0.4) is 0 Å². The lowest BCUT2D eigenvalue weighted by Gasteiger charge is -2.43. The van der Waals surface area contributed by atoms with Crippen LogP contribution in [-0.4, -0.2) is 52.2 Å². The molecule has 1 N–H and O–H groups in total. The van der Waals surface area contributed by atoms with Crippen molar-refractivity contribution in [2.24, 2.45) is 0 Å². The van der Waals surface area contributed by atoms with E-state index in [4.69, 9.17) is 0 Å². The minimum absolute atomic E-state index is 0.0724. The monoisotopic (exact) mass is 452 g/mol. The number of hydrogen-bond acceptors (Lipinski definition) is 6. The summed E-state index contributed by atoms with van der Waals surface area (Å²) >= 11 is 1.31. The summed E-state index contributed by atoms with van der Waals surface area (Å²) in [7, 11) is 1.49. The first-order chi connectivity index (χ1) is 15.0. The summed E-state index contributed by atoms with van der Waals surface area (Å²) in [6.45, 7) is 1.60. The molecule has 0 fully saturated rings. The standard InChI is InChI=1S/C20H20F3N5O2S/c1-10-5-4-6-12-14(7-13(25-15(10)12)16(29)20(21,22)23)28-9-11-8-24-18(31-3)26-17(11)27(2)19(28)30/h4-6,8,13-14,25H,7,9H2,1-3H3/i14D. The number of aryl methyl sites for hydroxylation is 1. The number of Topliss-reactive ketones (excluding diaryl/α,β-unsaturated/α-hetero) is 1. The molecule has 0 saturated heterocycles. The molecule has 2 atom stereocenters. The van der Waals surface area contributed by atoms with E-state index in [1.54, 1.807) is 37.6 Å². The van der Waals surface area contributed by atoms with Crippen LogP contribution in [0, 0.1) is 6.92 Å². The molecule has 0 aliphatic carbocycles.